The summed E-state index contributed by atoms with van der Waals surface area (Å²) in [5, 5.41) is 4.26. The second-order valence-corrected chi connectivity index (χ2v) is 5.97. The number of carbonyl (C=O) groups excluding carboxylic acids is 1. The molecule has 2 aromatic carbocycles. The standard InChI is InChI=1S/C15H12BrCl2NO2/c1-21-15(20)12-7-11(4-5-14(12)18)19-8-9-2-3-10(17)6-13(9)16/h2-7,19H,8H2,1H3. The summed E-state index contributed by atoms with van der Waals surface area (Å²) in [6.07, 6.45) is 0. The summed E-state index contributed by atoms with van der Waals surface area (Å²) in [5.41, 5.74) is 2.16. The molecular weight excluding hydrogens is 377 g/mol. The second-order valence-electron chi connectivity index (χ2n) is 4.28. The van der Waals surface area contributed by atoms with E-state index in [0.717, 1.165) is 15.7 Å². The lowest BCUT2D eigenvalue weighted by molar-refractivity contribution is 0.0601. The molecule has 2 aromatic rings. The van der Waals surface area contributed by atoms with Gasteiger partial charge in [0.15, 0.2) is 0 Å². The summed E-state index contributed by atoms with van der Waals surface area (Å²) < 4.78 is 5.61. The summed E-state index contributed by atoms with van der Waals surface area (Å²) in [5.74, 6) is -0.462. The number of hydrogen-bond donors (Lipinski definition) is 1. The molecule has 6 heteroatoms. The Balaban J connectivity index is 2.15. The zero-order valence-electron chi connectivity index (χ0n) is 11.1. The van der Waals surface area contributed by atoms with Crippen molar-refractivity contribution < 1.29 is 9.53 Å². The summed E-state index contributed by atoms with van der Waals surface area (Å²) >= 11 is 15.3. The first-order valence-electron chi connectivity index (χ1n) is 6.07. The van der Waals surface area contributed by atoms with Crippen molar-refractivity contribution in [2.24, 2.45) is 0 Å². The lowest BCUT2D eigenvalue weighted by Crippen LogP contribution is -2.05. The van der Waals surface area contributed by atoms with E-state index in [4.69, 9.17) is 27.9 Å². The van der Waals surface area contributed by atoms with Crippen LogP contribution in [0.15, 0.2) is 40.9 Å². The van der Waals surface area contributed by atoms with Crippen molar-refractivity contribution in [2.75, 3.05) is 12.4 Å². The van der Waals surface area contributed by atoms with Gasteiger partial charge in [-0.15, -0.1) is 0 Å². The van der Waals surface area contributed by atoms with Gasteiger partial charge in [-0.05, 0) is 35.9 Å². The van der Waals surface area contributed by atoms with Gasteiger partial charge in [-0.2, -0.15) is 0 Å². The second kappa shape index (κ2) is 7.16. The van der Waals surface area contributed by atoms with Gasteiger partial charge in [0, 0.05) is 21.7 Å². The molecule has 3 nitrogen and oxygen atoms in total. The molecule has 0 spiro atoms. The highest BCUT2D eigenvalue weighted by Crippen LogP contribution is 2.24. The first-order chi connectivity index (χ1) is 10.0. The van der Waals surface area contributed by atoms with Crippen molar-refractivity contribution in [3.05, 3.63) is 62.0 Å². The minimum atomic E-state index is -0.462. The molecule has 2 rings (SSSR count). The van der Waals surface area contributed by atoms with Gasteiger partial charge < -0.3 is 10.1 Å². The van der Waals surface area contributed by atoms with Crippen LogP contribution in [0.2, 0.25) is 10.0 Å². The molecule has 0 saturated heterocycles. The highest BCUT2D eigenvalue weighted by molar-refractivity contribution is 9.10. The molecule has 0 radical (unpaired) electrons. The van der Waals surface area contributed by atoms with Gasteiger partial charge in [0.2, 0.25) is 0 Å². The van der Waals surface area contributed by atoms with E-state index >= 15 is 0 Å². The van der Waals surface area contributed by atoms with Gasteiger partial charge in [0.25, 0.3) is 0 Å². The van der Waals surface area contributed by atoms with Crippen LogP contribution in [0.3, 0.4) is 0 Å². The molecule has 0 fully saturated rings. The minimum Gasteiger partial charge on any atom is -0.465 e. The van der Waals surface area contributed by atoms with E-state index < -0.39 is 5.97 Å². The molecule has 0 saturated carbocycles. The fourth-order valence-corrected chi connectivity index (χ4v) is 2.78. The van der Waals surface area contributed by atoms with E-state index in [9.17, 15) is 4.79 Å². The van der Waals surface area contributed by atoms with Crippen molar-refractivity contribution >= 4 is 50.8 Å². The third kappa shape index (κ3) is 4.13. The Morgan fingerprint density at radius 1 is 1.24 bits per heavy atom. The number of carbonyl (C=O) groups is 1. The van der Waals surface area contributed by atoms with Gasteiger partial charge in [0.1, 0.15) is 0 Å². The molecule has 0 atom stereocenters. The van der Waals surface area contributed by atoms with E-state index in [1.165, 1.54) is 7.11 Å². The van der Waals surface area contributed by atoms with Crippen LogP contribution in [0.1, 0.15) is 15.9 Å². The number of anilines is 1. The predicted octanol–water partition coefficient (Wildman–Crippen LogP) is 5.15. The molecule has 110 valence electrons. The van der Waals surface area contributed by atoms with Crippen LogP contribution in [0.25, 0.3) is 0 Å². The maximum atomic E-state index is 11.6. The SMILES string of the molecule is COC(=O)c1cc(NCc2ccc(Cl)cc2Br)ccc1Cl. The van der Waals surface area contributed by atoms with Gasteiger partial charge in [0.05, 0.1) is 17.7 Å². The fourth-order valence-electron chi connectivity index (χ4n) is 1.76. The van der Waals surface area contributed by atoms with Crippen LogP contribution in [0.4, 0.5) is 5.69 Å². The Morgan fingerprint density at radius 3 is 2.67 bits per heavy atom. The van der Waals surface area contributed by atoms with Crippen LogP contribution in [-0.4, -0.2) is 13.1 Å². The van der Waals surface area contributed by atoms with Crippen LogP contribution in [-0.2, 0) is 11.3 Å². The molecule has 0 bridgehead atoms. The van der Waals surface area contributed by atoms with Crippen LogP contribution in [0, 0.1) is 0 Å². The molecule has 0 unspecified atom stereocenters. The number of methoxy groups -OCH3 is 1. The van der Waals surface area contributed by atoms with Crippen molar-refractivity contribution in [3.63, 3.8) is 0 Å². The molecular formula is C15H12BrCl2NO2. The van der Waals surface area contributed by atoms with Crippen molar-refractivity contribution in [3.8, 4) is 0 Å². The maximum Gasteiger partial charge on any atom is 0.339 e. The zero-order chi connectivity index (χ0) is 15.4. The molecule has 0 aliphatic carbocycles. The maximum absolute atomic E-state index is 11.6. The Labute approximate surface area is 141 Å². The van der Waals surface area contributed by atoms with E-state index in [0.29, 0.717) is 22.2 Å². The van der Waals surface area contributed by atoms with Crippen LogP contribution < -0.4 is 5.32 Å². The van der Waals surface area contributed by atoms with Crippen molar-refractivity contribution in [2.45, 2.75) is 6.54 Å². The van der Waals surface area contributed by atoms with E-state index in [1.807, 2.05) is 18.2 Å². The third-order valence-electron chi connectivity index (χ3n) is 2.87. The molecule has 0 heterocycles. The highest BCUT2D eigenvalue weighted by atomic mass is 79.9. The summed E-state index contributed by atoms with van der Waals surface area (Å²) in [7, 11) is 1.32. The summed E-state index contributed by atoms with van der Waals surface area (Å²) in [6, 6.07) is 10.7. The Hall–Kier alpha value is -1.23. The normalized spacial score (nSPS) is 10.3. The largest absolute Gasteiger partial charge is 0.465 e. The highest BCUT2D eigenvalue weighted by Gasteiger charge is 2.11. The zero-order valence-corrected chi connectivity index (χ0v) is 14.2. The number of hydrogen-bond acceptors (Lipinski definition) is 3. The third-order valence-corrected chi connectivity index (χ3v) is 4.17. The van der Waals surface area contributed by atoms with Gasteiger partial charge in [-0.1, -0.05) is 45.2 Å². The Bertz CT molecular complexity index is 677. The number of rotatable bonds is 4. The smallest absolute Gasteiger partial charge is 0.339 e. The molecule has 0 aliphatic heterocycles. The quantitative estimate of drug-likeness (QED) is 0.735. The lowest BCUT2D eigenvalue weighted by atomic mass is 10.2. The number of ether oxygens (including phenoxy) is 1. The monoisotopic (exact) mass is 387 g/mol. The van der Waals surface area contributed by atoms with Gasteiger partial charge >= 0.3 is 5.97 Å². The lowest BCUT2D eigenvalue weighted by Gasteiger charge is -2.10. The van der Waals surface area contributed by atoms with Crippen molar-refractivity contribution in [1.29, 1.82) is 0 Å². The number of esters is 1. The topological polar surface area (TPSA) is 38.3 Å². The summed E-state index contributed by atoms with van der Waals surface area (Å²) in [6.45, 7) is 0.583. The van der Waals surface area contributed by atoms with E-state index in [1.54, 1.807) is 18.2 Å². The number of benzene rings is 2. The molecule has 0 aromatic heterocycles. The number of nitrogens with one attached hydrogen (secondary N) is 1. The molecule has 21 heavy (non-hydrogen) atoms. The Kier molecular flexibility index (Phi) is 5.51. The van der Waals surface area contributed by atoms with Gasteiger partial charge in [-0.3, -0.25) is 0 Å². The predicted molar refractivity (Wildman–Crippen MR) is 89.3 cm³/mol. The first-order valence-corrected chi connectivity index (χ1v) is 7.62. The van der Waals surface area contributed by atoms with E-state index in [-0.39, 0.29) is 0 Å². The first kappa shape index (κ1) is 16.1. The van der Waals surface area contributed by atoms with Gasteiger partial charge in [-0.25, -0.2) is 4.79 Å². The fraction of sp³-hybridized carbons (Fsp3) is 0.133. The average molecular weight is 389 g/mol. The van der Waals surface area contributed by atoms with Crippen molar-refractivity contribution in [1.82, 2.24) is 0 Å². The van der Waals surface area contributed by atoms with Crippen LogP contribution in [0.5, 0.6) is 0 Å². The summed E-state index contributed by atoms with van der Waals surface area (Å²) in [4.78, 5) is 11.6. The van der Waals surface area contributed by atoms with Crippen LogP contribution >= 0.6 is 39.1 Å². The molecule has 1 N–H and O–H groups in total. The minimum absolute atomic E-state index is 0.333. The molecule has 0 amide bonds. The molecule has 0 aliphatic rings. The average Bonchev–Trinajstić information content (AvgIpc) is 2.47. The Morgan fingerprint density at radius 2 is 2.00 bits per heavy atom. The number of halogens is 3. The van der Waals surface area contributed by atoms with E-state index in [2.05, 4.69) is 21.2 Å².